The zero-order valence-electron chi connectivity index (χ0n) is 20.1. The van der Waals surface area contributed by atoms with E-state index in [4.69, 9.17) is 0 Å². The van der Waals surface area contributed by atoms with Crippen LogP contribution in [-0.4, -0.2) is 61.2 Å². The van der Waals surface area contributed by atoms with Crippen LogP contribution in [-0.2, 0) is 6.54 Å². The van der Waals surface area contributed by atoms with Crippen molar-refractivity contribution in [3.8, 4) is 0 Å². The summed E-state index contributed by atoms with van der Waals surface area (Å²) in [6, 6.07) is -0.198. The van der Waals surface area contributed by atoms with E-state index >= 15 is 0 Å². The van der Waals surface area contributed by atoms with Crippen molar-refractivity contribution in [2.24, 2.45) is 5.92 Å². The van der Waals surface area contributed by atoms with Crippen LogP contribution in [0.5, 0.6) is 0 Å². The second-order valence-electron chi connectivity index (χ2n) is 9.73. The molecule has 4 heterocycles. The smallest absolute Gasteiger partial charge is 0.342 e. The number of nitrogens with zero attached hydrogens (tertiary/aromatic N) is 5. The van der Waals surface area contributed by atoms with Crippen molar-refractivity contribution < 1.29 is 36.2 Å². The van der Waals surface area contributed by atoms with Crippen LogP contribution in [0.3, 0.4) is 0 Å². The fraction of sp³-hybridized carbons (Fsp3) is 0.522. The molecule has 2 N–H and O–H groups in total. The maximum Gasteiger partial charge on any atom is 0.410 e. The minimum absolute atomic E-state index is 0.0248. The summed E-state index contributed by atoms with van der Waals surface area (Å²) < 4.78 is 72.9. The summed E-state index contributed by atoms with van der Waals surface area (Å²) in [5.41, 5.74) is 1.65. The van der Waals surface area contributed by atoms with E-state index in [-0.39, 0.29) is 49.5 Å². The second-order valence-corrected chi connectivity index (χ2v) is 9.73. The van der Waals surface area contributed by atoms with Crippen molar-refractivity contribution in [3.63, 3.8) is 0 Å². The Labute approximate surface area is 212 Å². The summed E-state index contributed by atoms with van der Waals surface area (Å²) in [7, 11) is 0. The van der Waals surface area contributed by atoms with Crippen LogP contribution >= 0.6 is 0 Å². The molecule has 0 bridgehead atoms. The van der Waals surface area contributed by atoms with Crippen molar-refractivity contribution in [2.45, 2.75) is 63.3 Å². The highest BCUT2D eigenvalue weighted by molar-refractivity contribution is 5.93. The number of carbonyl (C=O) groups excluding carboxylic acids is 2. The monoisotopic (exact) mass is 541 g/mol. The van der Waals surface area contributed by atoms with E-state index in [2.05, 4.69) is 25.2 Å². The molecule has 3 aromatic rings. The highest BCUT2D eigenvalue weighted by Crippen LogP contribution is 2.41. The molecule has 0 radical (unpaired) electrons. The second kappa shape index (κ2) is 9.51. The minimum atomic E-state index is -4.55. The van der Waals surface area contributed by atoms with Crippen LogP contribution in [0.2, 0.25) is 0 Å². The predicted molar refractivity (Wildman–Crippen MR) is 120 cm³/mol. The Kier molecular flexibility index (Phi) is 6.47. The van der Waals surface area contributed by atoms with Crippen LogP contribution < -0.4 is 10.6 Å². The van der Waals surface area contributed by atoms with E-state index in [1.807, 2.05) is 5.32 Å². The van der Waals surface area contributed by atoms with Crippen LogP contribution in [0.15, 0.2) is 29.2 Å². The molecular weight excluding hydrogens is 517 g/mol. The zero-order valence-corrected chi connectivity index (χ0v) is 20.1. The first kappa shape index (κ1) is 25.9. The van der Waals surface area contributed by atoms with Crippen molar-refractivity contribution in [1.82, 2.24) is 35.2 Å². The maximum atomic E-state index is 13.8. The molecular formula is C23H24F5N7O3. The number of pyridine rings is 1. The summed E-state index contributed by atoms with van der Waals surface area (Å²) in [5, 5.41) is 12.0. The number of hydrogen-bond acceptors (Lipinski definition) is 6. The number of urea groups is 1. The number of nitrogens with one attached hydrogen (secondary N) is 2. The van der Waals surface area contributed by atoms with Gasteiger partial charge in [-0.05, 0) is 48.5 Å². The Morgan fingerprint density at radius 1 is 1.29 bits per heavy atom. The molecule has 15 heteroatoms. The molecule has 3 aromatic heterocycles. The number of hydrogen-bond donors (Lipinski definition) is 2. The number of carbonyl (C=O) groups is 2. The molecule has 2 atom stereocenters. The molecule has 204 valence electrons. The van der Waals surface area contributed by atoms with Crippen molar-refractivity contribution in [2.75, 3.05) is 6.54 Å². The number of aromatic nitrogens is 4. The van der Waals surface area contributed by atoms with Gasteiger partial charge in [-0.3, -0.25) is 4.79 Å². The molecule has 2 aliphatic rings. The Morgan fingerprint density at radius 3 is 2.66 bits per heavy atom. The van der Waals surface area contributed by atoms with Crippen LogP contribution in [0.25, 0.3) is 5.65 Å². The SMILES string of the molecule is Cc1nonc1C(=O)NC(c1cn2ccc(CN3C[C@@H](C(F)(F)F)NC3=O)cc2n1)C1CCC(F)(F)CC1. The normalized spacial score (nSPS) is 21.1. The van der Waals surface area contributed by atoms with E-state index in [0.29, 0.717) is 16.9 Å². The Balaban J connectivity index is 1.38. The Bertz CT molecular complexity index is 1340. The van der Waals surface area contributed by atoms with E-state index in [9.17, 15) is 31.5 Å². The summed E-state index contributed by atoms with van der Waals surface area (Å²) >= 11 is 0. The summed E-state index contributed by atoms with van der Waals surface area (Å²) in [6.45, 7) is 0.975. The van der Waals surface area contributed by atoms with Gasteiger partial charge in [0.1, 0.15) is 17.4 Å². The van der Waals surface area contributed by atoms with Crippen LogP contribution in [0.4, 0.5) is 26.7 Å². The van der Waals surface area contributed by atoms with E-state index in [0.717, 1.165) is 4.90 Å². The third kappa shape index (κ3) is 5.27. The average molecular weight is 541 g/mol. The third-order valence-electron chi connectivity index (χ3n) is 7.01. The Morgan fingerprint density at radius 2 is 2.03 bits per heavy atom. The maximum absolute atomic E-state index is 13.8. The van der Waals surface area contributed by atoms with Crippen molar-refractivity contribution in [1.29, 1.82) is 0 Å². The van der Waals surface area contributed by atoms with Gasteiger partial charge < -0.3 is 19.9 Å². The molecule has 1 aliphatic heterocycles. The van der Waals surface area contributed by atoms with Gasteiger partial charge in [0.25, 0.3) is 5.91 Å². The zero-order chi connectivity index (χ0) is 27.2. The highest BCUT2D eigenvalue weighted by Gasteiger charge is 2.46. The fourth-order valence-corrected chi connectivity index (χ4v) is 4.90. The first-order valence-electron chi connectivity index (χ1n) is 12.0. The van der Waals surface area contributed by atoms with Gasteiger partial charge in [0.05, 0.1) is 18.3 Å². The van der Waals surface area contributed by atoms with Gasteiger partial charge >= 0.3 is 12.2 Å². The highest BCUT2D eigenvalue weighted by atomic mass is 19.4. The fourth-order valence-electron chi connectivity index (χ4n) is 4.90. The molecule has 10 nitrogen and oxygen atoms in total. The number of rotatable bonds is 6. The topological polar surface area (TPSA) is 118 Å². The molecule has 1 saturated heterocycles. The first-order valence-corrected chi connectivity index (χ1v) is 12.0. The number of fused-ring (bicyclic) bond motifs is 1. The van der Waals surface area contributed by atoms with Crippen molar-refractivity contribution in [3.05, 3.63) is 47.2 Å². The van der Waals surface area contributed by atoms with Gasteiger partial charge in [-0.1, -0.05) is 5.16 Å². The summed E-state index contributed by atoms with van der Waals surface area (Å²) in [5.74, 6) is -3.67. The standard InChI is InChI=1S/C23H24F5N7O3/c1-12-18(33-38-32-12)20(36)31-19(14-2-5-22(24,25)6-3-14)15-10-34-7-4-13(8-17(34)29-15)9-35-11-16(23(26,27)28)30-21(35)37/h4,7-8,10,14,16,19H,2-3,5-6,9,11H2,1H3,(H,30,37)(H,31,36)/t16-,19?/m0/s1. The molecule has 0 aromatic carbocycles. The number of alkyl halides is 5. The summed E-state index contributed by atoms with van der Waals surface area (Å²) in [4.78, 5) is 30.6. The number of aryl methyl sites for hydroxylation is 1. The molecule has 1 unspecified atom stereocenters. The first-order chi connectivity index (χ1) is 17.9. The molecule has 2 fully saturated rings. The minimum Gasteiger partial charge on any atom is -0.342 e. The van der Waals surface area contributed by atoms with Crippen LogP contribution in [0.1, 0.15) is 59.2 Å². The largest absolute Gasteiger partial charge is 0.410 e. The van der Waals surface area contributed by atoms with Crippen molar-refractivity contribution >= 4 is 17.6 Å². The lowest BCUT2D eigenvalue weighted by molar-refractivity contribution is -0.149. The average Bonchev–Trinajstić information content (AvgIpc) is 3.56. The van der Waals surface area contributed by atoms with E-state index < -0.39 is 42.7 Å². The molecule has 5 rings (SSSR count). The van der Waals surface area contributed by atoms with Gasteiger partial charge in [-0.15, -0.1) is 0 Å². The lowest BCUT2D eigenvalue weighted by Crippen LogP contribution is -2.40. The van der Waals surface area contributed by atoms with Gasteiger partial charge in [0.15, 0.2) is 5.69 Å². The molecule has 1 aliphatic carbocycles. The van der Waals surface area contributed by atoms with Gasteiger partial charge in [0, 0.05) is 31.8 Å². The lowest BCUT2D eigenvalue weighted by Gasteiger charge is -2.33. The van der Waals surface area contributed by atoms with Gasteiger partial charge in [0.2, 0.25) is 5.92 Å². The lowest BCUT2D eigenvalue weighted by atomic mass is 9.81. The molecule has 3 amide bonds. The predicted octanol–water partition coefficient (Wildman–Crippen LogP) is 3.78. The van der Waals surface area contributed by atoms with E-state index in [1.54, 1.807) is 35.9 Å². The van der Waals surface area contributed by atoms with Gasteiger partial charge in [-0.2, -0.15) is 13.2 Å². The van der Waals surface area contributed by atoms with E-state index in [1.165, 1.54) is 0 Å². The third-order valence-corrected chi connectivity index (χ3v) is 7.01. The molecule has 1 saturated carbocycles. The van der Waals surface area contributed by atoms with Gasteiger partial charge in [-0.25, -0.2) is 23.2 Å². The molecule has 38 heavy (non-hydrogen) atoms. The number of amides is 3. The number of imidazole rings is 1. The Hall–Kier alpha value is -3.78. The van der Waals surface area contributed by atoms with Crippen LogP contribution in [0, 0.1) is 12.8 Å². The quantitative estimate of drug-likeness (QED) is 0.459. The number of halogens is 5. The summed E-state index contributed by atoms with van der Waals surface area (Å²) in [6.07, 6.45) is -1.56. The molecule has 0 spiro atoms.